The van der Waals surface area contributed by atoms with Gasteiger partial charge in [-0.3, -0.25) is 0 Å². The molecule has 1 aliphatic carbocycles. The molecule has 1 N–H and O–H groups in total. The summed E-state index contributed by atoms with van der Waals surface area (Å²) in [6.45, 7) is 2.83. The first-order valence-corrected chi connectivity index (χ1v) is 5.86. The van der Waals surface area contributed by atoms with Crippen LogP contribution in [0.25, 0.3) is 0 Å². The lowest BCUT2D eigenvalue weighted by Crippen LogP contribution is -2.39. The highest BCUT2D eigenvalue weighted by Crippen LogP contribution is 2.31. The fourth-order valence-electron chi connectivity index (χ4n) is 1.89. The van der Waals surface area contributed by atoms with Crippen molar-refractivity contribution in [3.8, 4) is 0 Å². The van der Waals surface area contributed by atoms with Gasteiger partial charge in [-0.25, -0.2) is 0 Å². The Morgan fingerprint density at radius 1 is 1.25 bits per heavy atom. The predicted molar refractivity (Wildman–Crippen MR) is 52.5 cm³/mol. The molecule has 1 unspecified atom stereocenters. The van der Waals surface area contributed by atoms with Crippen LogP contribution in [0.1, 0.15) is 25.7 Å². The molecule has 0 spiro atoms. The van der Waals surface area contributed by atoms with Crippen LogP contribution >= 0.6 is 11.8 Å². The third-order valence-electron chi connectivity index (χ3n) is 2.55. The Kier molecular flexibility index (Phi) is 3.31. The Labute approximate surface area is 78.4 Å². The van der Waals surface area contributed by atoms with Crippen molar-refractivity contribution in [2.24, 2.45) is 0 Å². The Morgan fingerprint density at radius 2 is 2.08 bits per heavy atom. The molecule has 1 saturated heterocycles. The van der Waals surface area contributed by atoms with Gasteiger partial charge in [0.2, 0.25) is 0 Å². The van der Waals surface area contributed by atoms with Crippen LogP contribution in [-0.2, 0) is 4.74 Å². The Morgan fingerprint density at radius 3 is 2.75 bits per heavy atom. The standard InChI is InChI=1S/C9H17NOS/c1-2-4-8(3-1)12-9-7-11-6-5-10-9/h8-10H,1-7H2. The van der Waals surface area contributed by atoms with Gasteiger partial charge in [-0.2, -0.15) is 0 Å². The van der Waals surface area contributed by atoms with Crippen molar-refractivity contribution in [1.82, 2.24) is 5.32 Å². The summed E-state index contributed by atoms with van der Waals surface area (Å²) >= 11 is 2.09. The van der Waals surface area contributed by atoms with Crippen molar-refractivity contribution in [2.45, 2.75) is 36.3 Å². The molecule has 2 aliphatic rings. The molecule has 0 aromatic rings. The molecule has 1 heterocycles. The summed E-state index contributed by atoms with van der Waals surface area (Å²) in [6.07, 6.45) is 5.71. The third-order valence-corrected chi connectivity index (χ3v) is 4.03. The maximum Gasteiger partial charge on any atom is 0.0773 e. The molecule has 0 radical (unpaired) electrons. The maximum absolute atomic E-state index is 5.41. The summed E-state index contributed by atoms with van der Waals surface area (Å²) in [6, 6.07) is 0. The molecule has 12 heavy (non-hydrogen) atoms. The van der Waals surface area contributed by atoms with Gasteiger partial charge in [0.15, 0.2) is 0 Å². The van der Waals surface area contributed by atoms with Gasteiger partial charge in [0.25, 0.3) is 0 Å². The number of rotatable bonds is 2. The van der Waals surface area contributed by atoms with Gasteiger partial charge >= 0.3 is 0 Å². The van der Waals surface area contributed by atoms with E-state index in [2.05, 4.69) is 17.1 Å². The van der Waals surface area contributed by atoms with E-state index in [-0.39, 0.29) is 0 Å². The lowest BCUT2D eigenvalue weighted by Gasteiger charge is -2.25. The Balaban J connectivity index is 1.69. The highest BCUT2D eigenvalue weighted by atomic mass is 32.2. The lowest BCUT2D eigenvalue weighted by molar-refractivity contribution is 0.100. The molecule has 1 aliphatic heterocycles. The molecule has 3 heteroatoms. The van der Waals surface area contributed by atoms with Gasteiger partial charge in [-0.05, 0) is 12.8 Å². The minimum atomic E-state index is 0.571. The Hall–Kier alpha value is 0.270. The smallest absolute Gasteiger partial charge is 0.0773 e. The highest BCUT2D eigenvalue weighted by molar-refractivity contribution is 8.00. The molecule has 0 aromatic carbocycles. The molecular weight excluding hydrogens is 170 g/mol. The molecular formula is C9H17NOS. The summed E-state index contributed by atoms with van der Waals surface area (Å²) in [5.74, 6) is 0. The van der Waals surface area contributed by atoms with Crippen LogP contribution in [0.3, 0.4) is 0 Å². The van der Waals surface area contributed by atoms with Crippen molar-refractivity contribution < 1.29 is 4.74 Å². The minimum absolute atomic E-state index is 0.571. The summed E-state index contributed by atoms with van der Waals surface area (Å²) in [5.41, 5.74) is 0. The van der Waals surface area contributed by atoms with Crippen molar-refractivity contribution in [3.63, 3.8) is 0 Å². The maximum atomic E-state index is 5.41. The van der Waals surface area contributed by atoms with Crippen LogP contribution in [0.4, 0.5) is 0 Å². The molecule has 2 fully saturated rings. The zero-order valence-electron chi connectivity index (χ0n) is 7.42. The van der Waals surface area contributed by atoms with Crippen LogP contribution in [0, 0.1) is 0 Å². The normalized spacial score (nSPS) is 32.5. The van der Waals surface area contributed by atoms with E-state index < -0.39 is 0 Å². The average Bonchev–Trinajstić information content (AvgIpc) is 2.59. The first kappa shape index (κ1) is 8.85. The van der Waals surface area contributed by atoms with Crippen LogP contribution < -0.4 is 5.32 Å². The van der Waals surface area contributed by atoms with Gasteiger partial charge in [-0.15, -0.1) is 11.8 Å². The number of ether oxygens (including phenoxy) is 1. The summed E-state index contributed by atoms with van der Waals surface area (Å²) in [7, 11) is 0. The number of nitrogens with one attached hydrogen (secondary N) is 1. The van der Waals surface area contributed by atoms with E-state index in [4.69, 9.17) is 4.74 Å². The largest absolute Gasteiger partial charge is 0.378 e. The van der Waals surface area contributed by atoms with Gasteiger partial charge < -0.3 is 10.1 Å². The van der Waals surface area contributed by atoms with Crippen LogP contribution in [-0.4, -0.2) is 30.4 Å². The van der Waals surface area contributed by atoms with E-state index in [1.165, 1.54) is 25.7 Å². The van der Waals surface area contributed by atoms with E-state index in [0.717, 1.165) is 25.0 Å². The number of hydrogen-bond acceptors (Lipinski definition) is 3. The van der Waals surface area contributed by atoms with Crippen molar-refractivity contribution in [1.29, 1.82) is 0 Å². The number of morpholine rings is 1. The fourth-order valence-corrected chi connectivity index (χ4v) is 3.34. The quantitative estimate of drug-likeness (QED) is 0.709. The zero-order chi connectivity index (χ0) is 8.23. The van der Waals surface area contributed by atoms with Gasteiger partial charge in [0.05, 0.1) is 18.6 Å². The number of hydrogen-bond donors (Lipinski definition) is 1. The second kappa shape index (κ2) is 4.49. The van der Waals surface area contributed by atoms with Crippen LogP contribution in [0.15, 0.2) is 0 Å². The molecule has 1 atom stereocenters. The topological polar surface area (TPSA) is 21.3 Å². The minimum Gasteiger partial charge on any atom is -0.378 e. The molecule has 2 nitrogen and oxygen atoms in total. The van der Waals surface area contributed by atoms with Crippen molar-refractivity contribution >= 4 is 11.8 Å². The zero-order valence-corrected chi connectivity index (χ0v) is 8.24. The summed E-state index contributed by atoms with van der Waals surface area (Å²) in [5, 5.41) is 4.96. The molecule has 0 amide bonds. The van der Waals surface area contributed by atoms with Crippen LogP contribution in [0.2, 0.25) is 0 Å². The van der Waals surface area contributed by atoms with Gasteiger partial charge in [0, 0.05) is 11.8 Å². The van der Waals surface area contributed by atoms with E-state index in [1.807, 2.05) is 0 Å². The van der Waals surface area contributed by atoms with Crippen molar-refractivity contribution in [3.05, 3.63) is 0 Å². The van der Waals surface area contributed by atoms with Gasteiger partial charge in [-0.1, -0.05) is 12.8 Å². The molecule has 0 bridgehead atoms. The lowest BCUT2D eigenvalue weighted by atomic mass is 10.4. The first-order valence-electron chi connectivity index (χ1n) is 4.92. The molecule has 70 valence electrons. The second-order valence-electron chi connectivity index (χ2n) is 3.56. The van der Waals surface area contributed by atoms with E-state index in [0.29, 0.717) is 5.37 Å². The van der Waals surface area contributed by atoms with Gasteiger partial charge in [0.1, 0.15) is 0 Å². The third kappa shape index (κ3) is 2.38. The summed E-state index contributed by atoms with van der Waals surface area (Å²) in [4.78, 5) is 0. The van der Waals surface area contributed by atoms with Crippen LogP contribution in [0.5, 0.6) is 0 Å². The SMILES string of the molecule is C1CCC(SC2COCCN2)C1. The number of thioether (sulfide) groups is 1. The second-order valence-corrected chi connectivity index (χ2v) is 5.07. The van der Waals surface area contributed by atoms with E-state index >= 15 is 0 Å². The fraction of sp³-hybridized carbons (Fsp3) is 1.00. The molecule has 0 aromatic heterocycles. The average molecular weight is 187 g/mol. The first-order chi connectivity index (χ1) is 5.95. The van der Waals surface area contributed by atoms with Crippen molar-refractivity contribution in [2.75, 3.05) is 19.8 Å². The summed E-state index contributed by atoms with van der Waals surface area (Å²) < 4.78 is 5.41. The highest BCUT2D eigenvalue weighted by Gasteiger charge is 2.21. The monoisotopic (exact) mass is 187 g/mol. The van der Waals surface area contributed by atoms with E-state index in [9.17, 15) is 0 Å². The predicted octanol–water partition coefficient (Wildman–Crippen LogP) is 1.61. The Bertz CT molecular complexity index is 130. The molecule has 1 saturated carbocycles. The van der Waals surface area contributed by atoms with E-state index in [1.54, 1.807) is 0 Å². The molecule has 2 rings (SSSR count).